The molecule has 2 unspecified atom stereocenters. The van der Waals surface area contributed by atoms with E-state index in [4.69, 9.17) is 4.74 Å². The normalized spacial score (nSPS) is 24.0. The third-order valence-electron chi connectivity index (χ3n) is 7.09. The molecule has 0 radical (unpaired) electrons. The zero-order valence-electron chi connectivity index (χ0n) is 18.3. The molecular formula is C26H24N2O5. The number of aromatic hydroxyl groups is 2. The van der Waals surface area contributed by atoms with Crippen molar-refractivity contribution in [3.8, 4) is 17.2 Å². The van der Waals surface area contributed by atoms with E-state index < -0.39 is 11.0 Å². The van der Waals surface area contributed by atoms with E-state index in [1.165, 1.54) is 19.2 Å². The lowest BCUT2D eigenvalue weighted by Crippen LogP contribution is -2.60. The Kier molecular flexibility index (Phi) is 4.68. The number of likely N-dealkylation sites (tertiary alicyclic amines) is 1. The minimum absolute atomic E-state index is 0.261. The van der Waals surface area contributed by atoms with Crippen LogP contribution in [0.4, 0.5) is 5.69 Å². The molecule has 3 N–H and O–H groups in total. The zero-order valence-corrected chi connectivity index (χ0v) is 18.3. The van der Waals surface area contributed by atoms with Crippen molar-refractivity contribution in [2.45, 2.75) is 17.4 Å². The van der Waals surface area contributed by atoms with E-state index in [0.29, 0.717) is 41.1 Å². The van der Waals surface area contributed by atoms with Crippen LogP contribution in [-0.2, 0) is 15.7 Å². The molecule has 1 saturated heterocycles. The van der Waals surface area contributed by atoms with Gasteiger partial charge in [0.2, 0.25) is 0 Å². The van der Waals surface area contributed by atoms with E-state index in [9.17, 15) is 19.8 Å². The van der Waals surface area contributed by atoms with Gasteiger partial charge in [0.1, 0.15) is 11.3 Å². The SMILES string of the molecule is COc1cccc(C(=O)C2(c3ccc(O)c(O)c3)CCN(C)C23C(=O)Nc2ccccc23)c1. The maximum absolute atomic E-state index is 14.5. The highest BCUT2D eigenvalue weighted by atomic mass is 16.5. The van der Waals surface area contributed by atoms with Gasteiger partial charge in [0, 0.05) is 23.4 Å². The zero-order chi connectivity index (χ0) is 23.4. The number of ketones is 1. The van der Waals surface area contributed by atoms with E-state index in [1.54, 1.807) is 30.3 Å². The summed E-state index contributed by atoms with van der Waals surface area (Å²) in [5.41, 5.74) is -0.486. The highest BCUT2D eigenvalue weighted by molar-refractivity contribution is 6.16. The molecule has 7 heteroatoms. The van der Waals surface area contributed by atoms with E-state index in [-0.39, 0.29) is 23.2 Å². The van der Waals surface area contributed by atoms with E-state index in [1.807, 2.05) is 36.2 Å². The number of Topliss-reactive ketones (excluding diaryl/α,β-unsaturated/α-hetero) is 1. The third kappa shape index (κ3) is 2.66. The minimum atomic E-state index is -1.37. The topological polar surface area (TPSA) is 99.1 Å². The summed E-state index contributed by atoms with van der Waals surface area (Å²) >= 11 is 0. The molecule has 0 aromatic heterocycles. The maximum Gasteiger partial charge on any atom is 0.251 e. The number of benzene rings is 3. The van der Waals surface area contributed by atoms with Crippen molar-refractivity contribution in [1.29, 1.82) is 0 Å². The van der Waals surface area contributed by atoms with Crippen molar-refractivity contribution in [2.24, 2.45) is 0 Å². The fraction of sp³-hybridized carbons (Fsp3) is 0.231. The summed E-state index contributed by atoms with van der Waals surface area (Å²) in [6.07, 6.45) is 0.339. The van der Waals surface area contributed by atoms with Crippen molar-refractivity contribution >= 4 is 17.4 Å². The first-order valence-electron chi connectivity index (χ1n) is 10.7. The summed E-state index contributed by atoms with van der Waals surface area (Å²) in [5.74, 6) is -0.669. The van der Waals surface area contributed by atoms with Crippen molar-refractivity contribution in [2.75, 3.05) is 26.0 Å². The number of fused-ring (bicyclic) bond motifs is 2. The van der Waals surface area contributed by atoms with E-state index in [2.05, 4.69) is 5.32 Å². The number of rotatable bonds is 4. The van der Waals surface area contributed by atoms with Crippen LogP contribution in [0.15, 0.2) is 66.7 Å². The Balaban J connectivity index is 1.85. The number of hydrogen-bond acceptors (Lipinski definition) is 6. The second kappa shape index (κ2) is 7.35. The van der Waals surface area contributed by atoms with Gasteiger partial charge in [-0.2, -0.15) is 0 Å². The Hall–Kier alpha value is -3.84. The molecule has 0 bridgehead atoms. The van der Waals surface area contributed by atoms with Gasteiger partial charge in [-0.1, -0.05) is 36.4 Å². The molecule has 2 aliphatic rings. The molecule has 5 rings (SSSR count). The predicted octanol–water partition coefficient (Wildman–Crippen LogP) is 3.41. The van der Waals surface area contributed by atoms with E-state index >= 15 is 0 Å². The molecule has 168 valence electrons. The summed E-state index contributed by atoms with van der Waals surface area (Å²) in [4.78, 5) is 30.2. The maximum atomic E-state index is 14.5. The Bertz CT molecular complexity index is 1290. The number of para-hydroxylation sites is 1. The first-order valence-corrected chi connectivity index (χ1v) is 10.7. The van der Waals surface area contributed by atoms with Gasteiger partial charge in [-0.25, -0.2) is 0 Å². The molecule has 2 atom stereocenters. The number of methoxy groups -OCH3 is 1. The molecule has 3 aromatic rings. The summed E-state index contributed by atoms with van der Waals surface area (Å²) < 4.78 is 5.34. The number of ether oxygens (including phenoxy) is 1. The van der Waals surface area contributed by atoms with Crippen LogP contribution < -0.4 is 10.1 Å². The lowest BCUT2D eigenvalue weighted by atomic mass is 9.59. The molecule has 1 fully saturated rings. The van der Waals surface area contributed by atoms with Crippen LogP contribution in [0.2, 0.25) is 0 Å². The Morgan fingerprint density at radius 3 is 2.58 bits per heavy atom. The number of nitrogens with one attached hydrogen (secondary N) is 1. The van der Waals surface area contributed by atoms with Crippen LogP contribution in [-0.4, -0.2) is 47.5 Å². The first kappa shape index (κ1) is 21.0. The number of phenolic OH excluding ortho intramolecular Hbond substituents is 2. The molecule has 33 heavy (non-hydrogen) atoms. The second-order valence-corrected chi connectivity index (χ2v) is 8.55. The van der Waals surface area contributed by atoms with Crippen molar-refractivity contribution in [3.63, 3.8) is 0 Å². The highest BCUT2D eigenvalue weighted by Gasteiger charge is 2.70. The largest absolute Gasteiger partial charge is 0.504 e. The smallest absolute Gasteiger partial charge is 0.251 e. The van der Waals surface area contributed by atoms with Crippen LogP contribution in [0, 0.1) is 0 Å². The lowest BCUT2D eigenvalue weighted by molar-refractivity contribution is -0.127. The monoisotopic (exact) mass is 444 g/mol. The number of carbonyl (C=O) groups is 2. The van der Waals surface area contributed by atoms with Gasteiger partial charge in [0.05, 0.1) is 12.5 Å². The Morgan fingerprint density at radius 1 is 1.03 bits per heavy atom. The number of amides is 1. The van der Waals surface area contributed by atoms with Crippen LogP contribution in [0.3, 0.4) is 0 Å². The average Bonchev–Trinajstić information content (AvgIpc) is 3.31. The number of hydrogen-bond donors (Lipinski definition) is 3. The number of likely N-dealkylation sites (N-methyl/N-ethyl adjacent to an activating group) is 1. The minimum Gasteiger partial charge on any atom is -0.504 e. The molecule has 2 aliphatic heterocycles. The summed E-state index contributed by atoms with van der Waals surface area (Å²) in [7, 11) is 3.37. The van der Waals surface area contributed by atoms with Gasteiger partial charge < -0.3 is 20.3 Å². The molecule has 1 amide bonds. The fourth-order valence-electron chi connectivity index (χ4n) is 5.62. The second-order valence-electron chi connectivity index (χ2n) is 8.55. The van der Waals surface area contributed by atoms with E-state index in [0.717, 1.165) is 0 Å². The van der Waals surface area contributed by atoms with Crippen molar-refractivity contribution in [1.82, 2.24) is 4.90 Å². The molecular weight excluding hydrogens is 420 g/mol. The fourth-order valence-corrected chi connectivity index (χ4v) is 5.62. The van der Waals surface area contributed by atoms with Gasteiger partial charge in [0.25, 0.3) is 5.91 Å². The highest BCUT2D eigenvalue weighted by Crippen LogP contribution is 2.59. The van der Waals surface area contributed by atoms with Crippen LogP contribution >= 0.6 is 0 Å². The third-order valence-corrected chi connectivity index (χ3v) is 7.09. The van der Waals surface area contributed by atoms with Gasteiger partial charge >= 0.3 is 0 Å². The lowest BCUT2D eigenvalue weighted by Gasteiger charge is -2.44. The molecule has 1 spiro atoms. The quantitative estimate of drug-likeness (QED) is 0.421. The Morgan fingerprint density at radius 2 is 1.82 bits per heavy atom. The van der Waals surface area contributed by atoms with Gasteiger partial charge in [-0.15, -0.1) is 0 Å². The van der Waals surface area contributed by atoms with Crippen molar-refractivity contribution in [3.05, 3.63) is 83.4 Å². The van der Waals surface area contributed by atoms with Crippen LogP contribution in [0.5, 0.6) is 17.2 Å². The molecule has 3 aromatic carbocycles. The number of carbonyl (C=O) groups excluding carboxylic acids is 2. The molecule has 2 heterocycles. The molecule has 7 nitrogen and oxygen atoms in total. The van der Waals surface area contributed by atoms with Gasteiger partial charge in [-0.05, 0) is 49.4 Å². The molecule has 0 aliphatic carbocycles. The number of nitrogens with zero attached hydrogens (tertiary/aromatic N) is 1. The molecule has 0 saturated carbocycles. The Labute approximate surface area is 191 Å². The standard InChI is InChI=1S/C26H24N2O5/c1-28-13-12-25(17-10-11-21(29)22(30)15-17,23(31)16-6-5-7-18(14-16)33-2)26(28)19-8-3-4-9-20(19)27-24(26)32/h3-11,14-15,29-30H,12-13H2,1-2H3,(H,27,32). The average molecular weight is 444 g/mol. The van der Waals surface area contributed by atoms with Gasteiger partial charge in [0.15, 0.2) is 17.3 Å². The summed E-state index contributed by atoms with van der Waals surface area (Å²) in [6, 6.07) is 18.6. The van der Waals surface area contributed by atoms with Crippen LogP contribution in [0.25, 0.3) is 0 Å². The van der Waals surface area contributed by atoms with Crippen LogP contribution in [0.1, 0.15) is 27.9 Å². The predicted molar refractivity (Wildman–Crippen MR) is 123 cm³/mol. The first-order chi connectivity index (χ1) is 15.9. The van der Waals surface area contributed by atoms with Gasteiger partial charge in [-0.3, -0.25) is 14.5 Å². The summed E-state index contributed by atoms with van der Waals surface area (Å²) in [6.45, 7) is 0.471. The summed E-state index contributed by atoms with van der Waals surface area (Å²) in [5, 5.41) is 23.3. The number of anilines is 1. The van der Waals surface area contributed by atoms with Crippen molar-refractivity contribution < 1.29 is 24.5 Å². The number of phenols is 2.